The van der Waals surface area contributed by atoms with Gasteiger partial charge in [0, 0.05) is 38.4 Å². The second kappa shape index (κ2) is 8.48. The van der Waals surface area contributed by atoms with Crippen molar-refractivity contribution in [2.75, 3.05) is 38.3 Å². The highest BCUT2D eigenvalue weighted by Gasteiger charge is 2.23. The first kappa shape index (κ1) is 19.2. The van der Waals surface area contributed by atoms with Gasteiger partial charge in [-0.05, 0) is 35.9 Å². The molecule has 0 aromatic heterocycles. The zero-order valence-electron chi connectivity index (χ0n) is 15.9. The number of fused-ring (bicyclic) bond motifs is 1. The minimum Gasteiger partial charge on any atom is -0.454 e. The summed E-state index contributed by atoms with van der Waals surface area (Å²) in [5.74, 6) is 0.430. The molecule has 2 aromatic rings. The van der Waals surface area contributed by atoms with Crippen LogP contribution in [0, 0.1) is 5.82 Å². The zero-order chi connectivity index (χ0) is 20.2. The molecule has 0 radical (unpaired) electrons. The van der Waals surface area contributed by atoms with E-state index in [0.29, 0.717) is 18.8 Å². The SMILES string of the molecule is O=C(CC(=O)N1CCN(Cc2ccc3c(c2)OCO3)CC1)Nc1cccc(F)c1. The van der Waals surface area contributed by atoms with Crippen LogP contribution >= 0.6 is 0 Å². The van der Waals surface area contributed by atoms with Crippen molar-refractivity contribution in [1.29, 1.82) is 0 Å². The Morgan fingerprint density at radius 2 is 1.79 bits per heavy atom. The minimum atomic E-state index is -0.441. The molecule has 0 bridgehead atoms. The number of nitrogens with one attached hydrogen (secondary N) is 1. The van der Waals surface area contributed by atoms with Crippen molar-refractivity contribution < 1.29 is 23.5 Å². The molecular formula is C21H22FN3O4. The van der Waals surface area contributed by atoms with Crippen LogP contribution in [0.3, 0.4) is 0 Å². The first-order valence-electron chi connectivity index (χ1n) is 9.51. The lowest BCUT2D eigenvalue weighted by Crippen LogP contribution is -2.48. The van der Waals surface area contributed by atoms with Gasteiger partial charge in [0.15, 0.2) is 11.5 Å². The second-order valence-corrected chi connectivity index (χ2v) is 7.08. The van der Waals surface area contributed by atoms with Gasteiger partial charge in [-0.1, -0.05) is 12.1 Å². The molecule has 2 aromatic carbocycles. The van der Waals surface area contributed by atoms with Crippen LogP contribution in [-0.4, -0.2) is 54.6 Å². The highest BCUT2D eigenvalue weighted by Crippen LogP contribution is 2.32. The van der Waals surface area contributed by atoms with E-state index in [9.17, 15) is 14.0 Å². The Morgan fingerprint density at radius 1 is 1.00 bits per heavy atom. The topological polar surface area (TPSA) is 71.1 Å². The van der Waals surface area contributed by atoms with Gasteiger partial charge >= 0.3 is 0 Å². The maximum Gasteiger partial charge on any atom is 0.233 e. The van der Waals surface area contributed by atoms with Gasteiger partial charge in [-0.15, -0.1) is 0 Å². The summed E-state index contributed by atoms with van der Waals surface area (Å²) in [5, 5.41) is 2.56. The van der Waals surface area contributed by atoms with Crippen LogP contribution in [0.2, 0.25) is 0 Å². The molecular weight excluding hydrogens is 377 g/mol. The van der Waals surface area contributed by atoms with Crippen LogP contribution in [0.1, 0.15) is 12.0 Å². The Labute approximate surface area is 168 Å². The monoisotopic (exact) mass is 399 g/mol. The summed E-state index contributed by atoms with van der Waals surface area (Å²) >= 11 is 0. The van der Waals surface area contributed by atoms with Gasteiger partial charge in [-0.25, -0.2) is 4.39 Å². The quantitative estimate of drug-likeness (QED) is 0.781. The second-order valence-electron chi connectivity index (χ2n) is 7.08. The van der Waals surface area contributed by atoms with Crippen LogP contribution in [0.4, 0.5) is 10.1 Å². The van der Waals surface area contributed by atoms with E-state index >= 15 is 0 Å². The molecule has 4 rings (SSSR count). The molecule has 1 fully saturated rings. The number of rotatable bonds is 5. The molecule has 0 spiro atoms. The number of halogens is 1. The van der Waals surface area contributed by atoms with Gasteiger partial charge in [0.25, 0.3) is 0 Å². The summed E-state index contributed by atoms with van der Waals surface area (Å²) in [4.78, 5) is 28.4. The fourth-order valence-electron chi connectivity index (χ4n) is 3.47. The largest absolute Gasteiger partial charge is 0.454 e. The summed E-state index contributed by atoms with van der Waals surface area (Å²) in [5.41, 5.74) is 1.47. The number of amides is 2. The molecule has 1 saturated heterocycles. The fourth-order valence-corrected chi connectivity index (χ4v) is 3.47. The Kier molecular flexibility index (Phi) is 5.62. The number of piperazine rings is 1. The standard InChI is InChI=1S/C21H22FN3O4/c22-16-2-1-3-17(11-16)23-20(26)12-21(27)25-8-6-24(7-9-25)13-15-4-5-18-19(10-15)29-14-28-18/h1-5,10-11H,6-9,12-14H2,(H,23,26). The average Bonchev–Trinajstić information content (AvgIpc) is 3.16. The highest BCUT2D eigenvalue weighted by atomic mass is 19.1. The summed E-state index contributed by atoms with van der Waals surface area (Å²) in [6, 6.07) is 11.5. The summed E-state index contributed by atoms with van der Waals surface area (Å²) in [6.45, 7) is 3.61. The molecule has 2 aliphatic heterocycles. The van der Waals surface area contributed by atoms with Gasteiger partial charge < -0.3 is 19.7 Å². The average molecular weight is 399 g/mol. The number of benzene rings is 2. The molecule has 0 atom stereocenters. The van der Waals surface area contributed by atoms with Crippen LogP contribution < -0.4 is 14.8 Å². The lowest BCUT2D eigenvalue weighted by atomic mass is 10.1. The van der Waals surface area contributed by atoms with Crippen molar-refractivity contribution >= 4 is 17.5 Å². The number of hydrogen-bond acceptors (Lipinski definition) is 5. The Hall–Kier alpha value is -3.13. The number of anilines is 1. The first-order chi connectivity index (χ1) is 14.1. The molecule has 2 aliphatic rings. The van der Waals surface area contributed by atoms with Gasteiger partial charge in [0.05, 0.1) is 0 Å². The molecule has 29 heavy (non-hydrogen) atoms. The molecule has 2 amide bonds. The van der Waals surface area contributed by atoms with Gasteiger partial charge in [-0.2, -0.15) is 0 Å². The van der Waals surface area contributed by atoms with Crippen molar-refractivity contribution in [3.63, 3.8) is 0 Å². The summed E-state index contributed by atoms with van der Waals surface area (Å²) in [6.07, 6.45) is -0.251. The summed E-state index contributed by atoms with van der Waals surface area (Å²) < 4.78 is 23.9. The van der Waals surface area contributed by atoms with Crippen molar-refractivity contribution in [3.8, 4) is 11.5 Å². The Morgan fingerprint density at radius 3 is 2.59 bits per heavy atom. The van der Waals surface area contributed by atoms with Crippen LogP contribution in [0.5, 0.6) is 11.5 Å². The third kappa shape index (κ3) is 4.83. The van der Waals surface area contributed by atoms with Crippen molar-refractivity contribution in [3.05, 3.63) is 53.8 Å². The lowest BCUT2D eigenvalue weighted by molar-refractivity contribution is -0.136. The van der Waals surface area contributed by atoms with Crippen molar-refractivity contribution in [1.82, 2.24) is 9.80 Å². The lowest BCUT2D eigenvalue weighted by Gasteiger charge is -2.34. The molecule has 152 valence electrons. The number of carbonyl (C=O) groups excluding carboxylic acids is 2. The predicted octanol–water partition coefficient (Wildman–Crippen LogP) is 2.23. The summed E-state index contributed by atoms with van der Waals surface area (Å²) in [7, 11) is 0. The molecule has 0 aliphatic carbocycles. The maximum atomic E-state index is 13.2. The molecule has 2 heterocycles. The molecule has 8 heteroatoms. The Bertz CT molecular complexity index is 913. The van der Waals surface area contributed by atoms with E-state index in [4.69, 9.17) is 9.47 Å². The first-order valence-corrected chi connectivity index (χ1v) is 9.51. The van der Waals surface area contributed by atoms with E-state index in [1.165, 1.54) is 18.2 Å². The predicted molar refractivity (Wildman–Crippen MR) is 104 cm³/mol. The van der Waals surface area contributed by atoms with E-state index in [1.807, 2.05) is 18.2 Å². The van der Waals surface area contributed by atoms with Crippen LogP contribution in [0.25, 0.3) is 0 Å². The third-order valence-electron chi connectivity index (χ3n) is 4.99. The van der Waals surface area contributed by atoms with Crippen LogP contribution in [0.15, 0.2) is 42.5 Å². The van der Waals surface area contributed by atoms with Gasteiger partial charge in [0.1, 0.15) is 12.2 Å². The normalized spacial score (nSPS) is 16.0. The number of carbonyl (C=O) groups is 2. The van der Waals surface area contributed by atoms with Gasteiger partial charge in [0.2, 0.25) is 18.6 Å². The van der Waals surface area contributed by atoms with Crippen molar-refractivity contribution in [2.45, 2.75) is 13.0 Å². The number of nitrogens with zero attached hydrogens (tertiary/aromatic N) is 2. The van der Waals surface area contributed by atoms with E-state index in [-0.39, 0.29) is 19.1 Å². The number of hydrogen-bond donors (Lipinski definition) is 1. The van der Waals surface area contributed by atoms with Gasteiger partial charge in [-0.3, -0.25) is 14.5 Å². The van der Waals surface area contributed by atoms with E-state index in [1.54, 1.807) is 11.0 Å². The molecule has 7 nitrogen and oxygen atoms in total. The van der Waals surface area contributed by atoms with E-state index < -0.39 is 11.7 Å². The van der Waals surface area contributed by atoms with E-state index in [0.717, 1.165) is 36.7 Å². The highest BCUT2D eigenvalue weighted by molar-refractivity contribution is 6.03. The van der Waals surface area contributed by atoms with Crippen LogP contribution in [-0.2, 0) is 16.1 Å². The maximum absolute atomic E-state index is 13.2. The molecule has 1 N–H and O–H groups in total. The Balaban J connectivity index is 1.23. The number of ether oxygens (including phenoxy) is 2. The van der Waals surface area contributed by atoms with E-state index in [2.05, 4.69) is 10.2 Å². The zero-order valence-corrected chi connectivity index (χ0v) is 15.9. The minimum absolute atomic E-state index is 0.221. The smallest absolute Gasteiger partial charge is 0.233 e. The molecule has 0 saturated carbocycles. The fraction of sp³-hybridized carbons (Fsp3) is 0.333. The molecule has 0 unspecified atom stereocenters. The third-order valence-corrected chi connectivity index (χ3v) is 4.99. The van der Waals surface area contributed by atoms with Crippen molar-refractivity contribution in [2.24, 2.45) is 0 Å².